The Morgan fingerprint density at radius 1 is 1.40 bits per heavy atom. The molecule has 0 aliphatic rings. The highest BCUT2D eigenvalue weighted by atomic mass is 16.5. The van der Waals surface area contributed by atoms with Crippen molar-refractivity contribution in [1.82, 2.24) is 10.3 Å². The van der Waals surface area contributed by atoms with Gasteiger partial charge in [-0.25, -0.2) is 4.98 Å². The van der Waals surface area contributed by atoms with Crippen molar-refractivity contribution in [3.8, 4) is 5.88 Å². The van der Waals surface area contributed by atoms with Crippen molar-refractivity contribution in [3.05, 3.63) is 12.3 Å². The minimum absolute atomic E-state index is 0.160. The Labute approximate surface area is 117 Å². The quantitative estimate of drug-likeness (QED) is 0.628. The van der Waals surface area contributed by atoms with Crippen LogP contribution >= 0.6 is 0 Å². The van der Waals surface area contributed by atoms with E-state index in [1.165, 1.54) is 7.11 Å². The van der Waals surface area contributed by atoms with Crippen LogP contribution in [-0.4, -0.2) is 51.1 Å². The molecule has 4 N–H and O–H groups in total. The van der Waals surface area contributed by atoms with Crippen LogP contribution in [0.3, 0.4) is 0 Å². The fraction of sp³-hybridized carbons (Fsp3) is 0.417. The van der Waals surface area contributed by atoms with Crippen LogP contribution in [0.4, 0.5) is 11.4 Å². The van der Waals surface area contributed by atoms with Crippen LogP contribution in [0.25, 0.3) is 0 Å². The number of rotatable bonds is 6. The highest BCUT2D eigenvalue weighted by Gasteiger charge is 2.15. The zero-order chi connectivity index (χ0) is 15.1. The van der Waals surface area contributed by atoms with Crippen LogP contribution in [0.2, 0.25) is 0 Å². The maximum Gasteiger partial charge on any atom is 0.243 e. The number of nitrogens with two attached hydrogens (primary N) is 1. The molecular weight excluding hydrogens is 262 g/mol. The number of carbonyl (C=O) groups is 2. The number of ether oxygens (including phenoxy) is 1. The summed E-state index contributed by atoms with van der Waals surface area (Å²) in [5, 5.41) is 5.05. The lowest BCUT2D eigenvalue weighted by Gasteiger charge is -2.19. The van der Waals surface area contributed by atoms with Gasteiger partial charge >= 0.3 is 0 Å². The molecule has 0 atom stereocenters. The van der Waals surface area contributed by atoms with Gasteiger partial charge in [-0.2, -0.15) is 0 Å². The van der Waals surface area contributed by atoms with Gasteiger partial charge in [0.05, 0.1) is 25.9 Å². The number of methoxy groups -OCH3 is 1. The number of anilines is 2. The van der Waals surface area contributed by atoms with Gasteiger partial charge < -0.3 is 26.0 Å². The molecule has 0 bridgehead atoms. The molecule has 1 aromatic heterocycles. The first-order valence-electron chi connectivity index (χ1n) is 5.96. The van der Waals surface area contributed by atoms with Crippen molar-refractivity contribution in [1.29, 1.82) is 0 Å². The molecule has 110 valence electrons. The Morgan fingerprint density at radius 3 is 2.65 bits per heavy atom. The van der Waals surface area contributed by atoms with E-state index in [0.29, 0.717) is 11.6 Å². The molecule has 1 heterocycles. The number of nitrogens with one attached hydrogen (secondary N) is 2. The fourth-order valence-corrected chi connectivity index (χ4v) is 1.51. The molecule has 0 unspecified atom stereocenters. The number of carbonyl (C=O) groups excluding carboxylic acids is 2. The topological polar surface area (TPSA) is 110 Å². The summed E-state index contributed by atoms with van der Waals surface area (Å²) in [6, 6.07) is 1.75. The first-order valence-corrected chi connectivity index (χ1v) is 5.96. The predicted molar refractivity (Wildman–Crippen MR) is 75.8 cm³/mol. The van der Waals surface area contributed by atoms with E-state index in [1.807, 2.05) is 19.0 Å². The summed E-state index contributed by atoms with van der Waals surface area (Å²) in [5.41, 5.74) is 6.34. The Morgan fingerprint density at radius 2 is 2.10 bits per heavy atom. The number of nitrogens with zero attached hydrogens (tertiary/aromatic N) is 2. The van der Waals surface area contributed by atoms with Crippen molar-refractivity contribution in [3.63, 3.8) is 0 Å². The highest BCUT2D eigenvalue weighted by molar-refractivity contribution is 5.98. The summed E-state index contributed by atoms with van der Waals surface area (Å²) < 4.78 is 5.12. The van der Waals surface area contributed by atoms with Gasteiger partial charge in [0.1, 0.15) is 5.69 Å². The summed E-state index contributed by atoms with van der Waals surface area (Å²) in [7, 11) is 5.13. The average Bonchev–Trinajstić information content (AvgIpc) is 2.44. The van der Waals surface area contributed by atoms with Crippen LogP contribution in [-0.2, 0) is 9.59 Å². The van der Waals surface area contributed by atoms with Crippen molar-refractivity contribution >= 4 is 23.2 Å². The van der Waals surface area contributed by atoms with E-state index in [2.05, 4.69) is 15.6 Å². The van der Waals surface area contributed by atoms with E-state index >= 15 is 0 Å². The van der Waals surface area contributed by atoms with Gasteiger partial charge in [-0.3, -0.25) is 9.59 Å². The second kappa shape index (κ2) is 7.29. The van der Waals surface area contributed by atoms with E-state index in [1.54, 1.807) is 12.3 Å². The molecule has 0 radical (unpaired) electrons. The van der Waals surface area contributed by atoms with E-state index in [0.717, 1.165) is 5.69 Å². The third-order valence-electron chi connectivity index (χ3n) is 2.47. The van der Waals surface area contributed by atoms with Gasteiger partial charge in [0.25, 0.3) is 0 Å². The van der Waals surface area contributed by atoms with Gasteiger partial charge in [0, 0.05) is 20.3 Å². The lowest BCUT2D eigenvalue weighted by Crippen LogP contribution is -2.36. The first-order chi connectivity index (χ1) is 9.49. The summed E-state index contributed by atoms with van der Waals surface area (Å²) in [4.78, 5) is 28.7. The minimum Gasteiger partial charge on any atom is -0.479 e. The summed E-state index contributed by atoms with van der Waals surface area (Å²) in [6.07, 6.45) is 1.58. The average molecular weight is 281 g/mol. The first kappa shape index (κ1) is 15.7. The Hall–Kier alpha value is -2.35. The molecule has 0 spiro atoms. The molecule has 8 nitrogen and oxygen atoms in total. The van der Waals surface area contributed by atoms with Gasteiger partial charge in [-0.15, -0.1) is 0 Å². The Balaban J connectivity index is 2.84. The molecule has 8 heteroatoms. The van der Waals surface area contributed by atoms with Gasteiger partial charge in [-0.05, 0) is 6.07 Å². The number of hydrogen-bond acceptors (Lipinski definition) is 6. The molecule has 2 amide bonds. The van der Waals surface area contributed by atoms with Crippen LogP contribution in [0.15, 0.2) is 12.3 Å². The largest absolute Gasteiger partial charge is 0.479 e. The molecule has 1 rings (SSSR count). The second-order valence-electron chi connectivity index (χ2n) is 4.14. The zero-order valence-electron chi connectivity index (χ0n) is 11.8. The molecule has 0 saturated carbocycles. The van der Waals surface area contributed by atoms with E-state index in [4.69, 9.17) is 10.5 Å². The third-order valence-corrected chi connectivity index (χ3v) is 2.47. The molecule has 0 fully saturated rings. The van der Waals surface area contributed by atoms with E-state index in [-0.39, 0.29) is 19.0 Å². The molecular formula is C12H19N5O3. The summed E-state index contributed by atoms with van der Waals surface area (Å²) >= 11 is 0. The van der Waals surface area contributed by atoms with E-state index in [9.17, 15) is 9.59 Å². The normalized spacial score (nSPS) is 9.80. The van der Waals surface area contributed by atoms with Crippen LogP contribution < -0.4 is 26.0 Å². The molecule has 0 saturated heterocycles. The Bertz CT molecular complexity index is 490. The predicted octanol–water partition coefficient (Wildman–Crippen LogP) is -0.830. The van der Waals surface area contributed by atoms with E-state index < -0.39 is 5.91 Å². The van der Waals surface area contributed by atoms with Gasteiger partial charge in [0.2, 0.25) is 17.7 Å². The van der Waals surface area contributed by atoms with Crippen LogP contribution in [0.5, 0.6) is 5.88 Å². The van der Waals surface area contributed by atoms with Gasteiger partial charge in [-0.1, -0.05) is 0 Å². The highest BCUT2D eigenvalue weighted by Crippen LogP contribution is 2.31. The van der Waals surface area contributed by atoms with Crippen molar-refractivity contribution in [2.24, 2.45) is 5.73 Å². The lowest BCUT2D eigenvalue weighted by atomic mass is 10.3. The van der Waals surface area contributed by atoms with Crippen LogP contribution in [0.1, 0.15) is 0 Å². The lowest BCUT2D eigenvalue weighted by molar-refractivity contribution is -0.123. The number of aromatic nitrogens is 1. The van der Waals surface area contributed by atoms with Crippen LogP contribution in [0, 0.1) is 0 Å². The smallest absolute Gasteiger partial charge is 0.243 e. The van der Waals surface area contributed by atoms with Crippen molar-refractivity contribution < 1.29 is 14.3 Å². The number of amides is 2. The fourth-order valence-electron chi connectivity index (χ4n) is 1.51. The SMILES string of the molecule is COc1nccc(N(C)C)c1NC(=O)CNC(=O)CN. The second-order valence-corrected chi connectivity index (χ2v) is 4.14. The maximum atomic E-state index is 11.8. The summed E-state index contributed by atoms with van der Waals surface area (Å²) in [6.45, 7) is -0.326. The monoisotopic (exact) mass is 281 g/mol. The summed E-state index contributed by atoms with van der Waals surface area (Å²) in [5.74, 6) is -0.484. The molecule has 0 aliphatic carbocycles. The standard InChI is InChI=1S/C12H19N5O3/c1-17(2)8-4-5-14-12(20-3)11(8)16-10(19)7-15-9(18)6-13/h4-5H,6-7,13H2,1-3H3,(H,15,18)(H,16,19). The van der Waals surface area contributed by atoms with Crippen molar-refractivity contribution in [2.75, 3.05) is 44.5 Å². The minimum atomic E-state index is -0.397. The van der Waals surface area contributed by atoms with Crippen molar-refractivity contribution in [2.45, 2.75) is 0 Å². The third kappa shape index (κ3) is 4.09. The molecule has 20 heavy (non-hydrogen) atoms. The number of hydrogen-bond donors (Lipinski definition) is 3. The molecule has 1 aromatic rings. The van der Waals surface area contributed by atoms with Gasteiger partial charge in [0.15, 0.2) is 0 Å². The molecule has 0 aliphatic heterocycles. The maximum absolute atomic E-state index is 11.8. The Kier molecular flexibility index (Phi) is 5.73. The zero-order valence-corrected chi connectivity index (χ0v) is 11.8. The molecule has 0 aromatic carbocycles. The number of pyridine rings is 1.